The smallest absolute Gasteiger partial charge is 0.416 e. The average Bonchev–Trinajstić information content (AvgIpc) is 1.50. The number of piperidine rings is 3. The third kappa shape index (κ3) is 23.2. The second-order valence-corrected chi connectivity index (χ2v) is 29.5. The van der Waals surface area contributed by atoms with E-state index in [1.54, 1.807) is 38.7 Å². The fraction of sp³-hybridized carbons (Fsp3) is 0.595. The van der Waals surface area contributed by atoms with Crippen molar-refractivity contribution < 1.29 is 110 Å². The summed E-state index contributed by atoms with van der Waals surface area (Å²) in [5.41, 5.74) is -1.22. The maximum Gasteiger partial charge on any atom is 0.416 e. The second kappa shape index (κ2) is 34.0. The number of hydrogen-bond donors (Lipinski definition) is 3. The van der Waals surface area contributed by atoms with E-state index in [4.69, 9.17) is 18.9 Å². The molecular formula is C74H93F13N6O11. The molecule has 6 aliphatic heterocycles. The normalized spacial score (nSPS) is 20.4. The number of nitrogens with zero attached hydrogens (tertiary/aromatic N) is 3. The van der Waals surface area contributed by atoms with Crippen molar-refractivity contribution in [3.05, 3.63) is 118 Å². The first-order valence-corrected chi connectivity index (χ1v) is 34.6. The van der Waals surface area contributed by atoms with Crippen molar-refractivity contribution in [3.63, 3.8) is 0 Å². The van der Waals surface area contributed by atoms with Gasteiger partial charge in [-0.3, -0.25) is 28.8 Å². The minimum absolute atomic E-state index is 0.0907. The lowest BCUT2D eigenvalue weighted by atomic mass is 9.85. The van der Waals surface area contributed by atoms with Crippen molar-refractivity contribution in [3.8, 4) is 5.75 Å². The van der Waals surface area contributed by atoms with Crippen LogP contribution in [-0.4, -0.2) is 132 Å². The average molecular weight is 1490 g/mol. The summed E-state index contributed by atoms with van der Waals surface area (Å²) in [6.45, 7) is 22.9. The van der Waals surface area contributed by atoms with Crippen LogP contribution in [0.1, 0.15) is 177 Å². The molecule has 6 saturated heterocycles. The van der Waals surface area contributed by atoms with E-state index >= 15 is 0 Å². The van der Waals surface area contributed by atoms with Gasteiger partial charge in [-0.1, -0.05) is 18.2 Å². The molecule has 2 amide bonds. The van der Waals surface area contributed by atoms with Gasteiger partial charge in [0, 0.05) is 94.2 Å². The number of benzene rings is 4. The van der Waals surface area contributed by atoms with Crippen LogP contribution in [0.25, 0.3) is 0 Å². The van der Waals surface area contributed by atoms with E-state index in [1.165, 1.54) is 37.4 Å². The number of alkyl halides is 12. The minimum atomic E-state index is -4.55. The predicted octanol–water partition coefficient (Wildman–Crippen LogP) is 14.7. The highest BCUT2D eigenvalue weighted by Gasteiger charge is 2.46. The zero-order chi connectivity index (χ0) is 77.2. The van der Waals surface area contributed by atoms with Gasteiger partial charge in [-0.05, 0) is 198 Å². The summed E-state index contributed by atoms with van der Waals surface area (Å²) in [7, 11) is 1.19. The summed E-state index contributed by atoms with van der Waals surface area (Å²) < 4.78 is 195. The third-order valence-corrected chi connectivity index (χ3v) is 18.3. The molecule has 0 radical (unpaired) electrons. The van der Waals surface area contributed by atoms with Gasteiger partial charge in [0.1, 0.15) is 22.7 Å². The van der Waals surface area contributed by atoms with Crippen LogP contribution in [0.2, 0.25) is 0 Å². The van der Waals surface area contributed by atoms with E-state index in [-0.39, 0.29) is 78.7 Å². The van der Waals surface area contributed by atoms with Gasteiger partial charge in [0.2, 0.25) is 11.8 Å². The molecule has 6 aliphatic rings. The zero-order valence-electron chi connectivity index (χ0n) is 60.2. The number of methoxy groups -OCH3 is 1. The minimum Gasteiger partial charge on any atom is -0.494 e. The molecule has 1 unspecified atom stereocenters. The van der Waals surface area contributed by atoms with Gasteiger partial charge in [-0.15, -0.1) is 0 Å². The number of carbonyl (C=O) groups is 6. The molecule has 0 saturated carbocycles. The second-order valence-electron chi connectivity index (χ2n) is 29.5. The Bertz CT molecular complexity index is 3630. The first-order chi connectivity index (χ1) is 48.2. The van der Waals surface area contributed by atoms with Gasteiger partial charge < -0.3 is 54.3 Å². The Balaban J connectivity index is 0.000000201. The van der Waals surface area contributed by atoms with Crippen molar-refractivity contribution in [2.75, 3.05) is 93.9 Å². The molecule has 576 valence electrons. The van der Waals surface area contributed by atoms with E-state index in [2.05, 4.69) is 20.7 Å². The molecule has 0 bridgehead atoms. The standard InChI is InChI=1S/C24H31F3N2O5.C21H27F3N2O3.C21H29F3N2O2.C8H6F4O/c1-5-33-22(32)19-17(13-28-20(19)30)16-7-6-15(24(25,26)27)12-18(16)29-10-8-14(9-11-29)21(31)34-23(2,3)4;1-20(2,3)29-19(28)13-6-8-26(9-7-13)17-11-15(21(22,23)24)4-5-16(17)14-10-18(27)25-12-14;1-20(2,3)28-19(27)14-7-10-26(11-8-14)18-12-16(21(22,23)24)4-5-17(18)15-6-9-25-13-15;1-13-7-3-2-5(4-6(7)9)8(10,11)12/h6-7,12,14,17,19H,5,8-11,13H2,1-4H3,(H,28,30);4-5,11,13-14H,6-10,12H2,1-3H3,(H,25,27);4-5,12,14-15,25H,6-11,13H2,1-3H3;2-4H,1H3/t17-,19?;14-;15-;/m111./s1. The summed E-state index contributed by atoms with van der Waals surface area (Å²) in [6.07, 6.45) is -13.6. The van der Waals surface area contributed by atoms with Gasteiger partial charge in [0.05, 0.1) is 53.7 Å². The SMILES string of the molecule is CC(C)(C)OC(=O)C1CCN(c2cc(C(F)(F)F)ccc2[C@@H]2CCNC2)CC1.CC(C)(C)OC(=O)C1CCN(c2cc(C(F)(F)F)ccc2[C@H]2CNC(=O)C2)CC1.CCOC(=O)C1C(=O)NC[C@@H]1c1ccc(C(F)(F)F)cc1N1CCC(C(=O)OC(C)(C)C)CC1.COc1ccc(C(F)(F)F)cc1F. The van der Waals surface area contributed by atoms with Crippen LogP contribution in [0.3, 0.4) is 0 Å². The Labute approximate surface area is 596 Å². The Kier molecular flexibility index (Phi) is 27.2. The zero-order valence-corrected chi connectivity index (χ0v) is 60.2. The molecule has 0 spiro atoms. The molecule has 6 fully saturated rings. The molecule has 10 rings (SSSR count). The summed E-state index contributed by atoms with van der Waals surface area (Å²) >= 11 is 0. The molecule has 0 aliphatic carbocycles. The molecule has 0 aromatic heterocycles. The van der Waals surface area contributed by atoms with E-state index in [0.29, 0.717) is 113 Å². The molecule has 30 heteroatoms. The van der Waals surface area contributed by atoms with Gasteiger partial charge in [-0.2, -0.15) is 52.7 Å². The van der Waals surface area contributed by atoms with Crippen LogP contribution in [0, 0.1) is 29.5 Å². The number of esters is 4. The van der Waals surface area contributed by atoms with Crippen LogP contribution in [-0.2, 0) is 72.4 Å². The number of nitrogens with one attached hydrogen (secondary N) is 3. The van der Waals surface area contributed by atoms with Crippen LogP contribution in [0.5, 0.6) is 5.75 Å². The van der Waals surface area contributed by atoms with E-state index in [9.17, 15) is 85.8 Å². The first kappa shape index (κ1) is 83.2. The lowest BCUT2D eigenvalue weighted by Gasteiger charge is -2.36. The molecule has 4 aromatic carbocycles. The highest BCUT2D eigenvalue weighted by atomic mass is 19.4. The molecule has 4 aromatic rings. The fourth-order valence-electron chi connectivity index (χ4n) is 13.2. The highest BCUT2D eigenvalue weighted by molar-refractivity contribution is 6.01. The summed E-state index contributed by atoms with van der Waals surface area (Å²) in [4.78, 5) is 79.2. The largest absolute Gasteiger partial charge is 0.494 e. The molecule has 104 heavy (non-hydrogen) atoms. The topological polar surface area (TPSA) is 194 Å². The number of ether oxygens (including phenoxy) is 5. The lowest BCUT2D eigenvalue weighted by molar-refractivity contribution is -0.161. The Morgan fingerprint density at radius 2 is 0.827 bits per heavy atom. The van der Waals surface area contributed by atoms with Crippen LogP contribution < -0.4 is 35.4 Å². The van der Waals surface area contributed by atoms with Gasteiger partial charge in [0.15, 0.2) is 11.6 Å². The van der Waals surface area contributed by atoms with E-state index in [1.807, 2.05) is 51.3 Å². The van der Waals surface area contributed by atoms with Crippen LogP contribution in [0.4, 0.5) is 74.1 Å². The Morgan fingerprint density at radius 1 is 0.462 bits per heavy atom. The molecular weight excluding hydrogens is 1400 g/mol. The third-order valence-electron chi connectivity index (χ3n) is 18.3. The number of rotatable bonds is 12. The fourth-order valence-corrected chi connectivity index (χ4v) is 13.2. The maximum atomic E-state index is 13.5. The van der Waals surface area contributed by atoms with E-state index < -0.39 is 93.3 Å². The predicted molar refractivity (Wildman–Crippen MR) is 361 cm³/mol. The summed E-state index contributed by atoms with van der Waals surface area (Å²) in [6, 6.07) is 13.3. The maximum absolute atomic E-state index is 13.5. The van der Waals surface area contributed by atoms with Crippen molar-refractivity contribution in [1.82, 2.24) is 16.0 Å². The van der Waals surface area contributed by atoms with E-state index in [0.717, 1.165) is 61.0 Å². The van der Waals surface area contributed by atoms with Crippen molar-refractivity contribution in [1.29, 1.82) is 0 Å². The van der Waals surface area contributed by atoms with Crippen molar-refractivity contribution in [2.24, 2.45) is 23.7 Å². The Hall–Kier alpha value is -8.05. The molecule has 6 heterocycles. The number of halogens is 13. The van der Waals surface area contributed by atoms with Gasteiger partial charge in [-0.25, -0.2) is 4.39 Å². The van der Waals surface area contributed by atoms with Crippen LogP contribution >= 0.6 is 0 Å². The number of amides is 2. The lowest BCUT2D eigenvalue weighted by Crippen LogP contribution is -2.39. The first-order valence-electron chi connectivity index (χ1n) is 34.6. The Morgan fingerprint density at radius 3 is 1.15 bits per heavy atom. The molecule has 3 N–H and O–H groups in total. The summed E-state index contributed by atoms with van der Waals surface area (Å²) in [5, 5.41) is 8.67. The van der Waals surface area contributed by atoms with Crippen molar-refractivity contribution in [2.45, 2.75) is 180 Å². The quantitative estimate of drug-likeness (QED) is 0.0524. The van der Waals surface area contributed by atoms with Crippen molar-refractivity contribution >= 4 is 52.8 Å². The van der Waals surface area contributed by atoms with Crippen LogP contribution in [0.15, 0.2) is 72.8 Å². The van der Waals surface area contributed by atoms with Gasteiger partial charge in [0.25, 0.3) is 0 Å². The number of anilines is 3. The number of hydrogen-bond acceptors (Lipinski definition) is 15. The van der Waals surface area contributed by atoms with Gasteiger partial charge >= 0.3 is 48.6 Å². The highest BCUT2D eigenvalue weighted by Crippen LogP contribution is 2.45. The molecule has 4 atom stereocenters. The monoisotopic (exact) mass is 1490 g/mol. The summed E-state index contributed by atoms with van der Waals surface area (Å²) in [5.74, 6) is -5.80. The number of carbonyl (C=O) groups excluding carboxylic acids is 6. The molecule has 17 nitrogen and oxygen atoms in total.